The lowest BCUT2D eigenvalue weighted by Gasteiger charge is -2.07. The number of aliphatic imine (C=N–C) groups is 1. The van der Waals surface area contributed by atoms with Gasteiger partial charge in [-0.25, -0.2) is 0 Å². The molecule has 0 saturated heterocycles. The minimum Gasteiger partial charge on any atom is -0.400 e. The van der Waals surface area contributed by atoms with Crippen molar-refractivity contribution >= 4 is 6.72 Å². The van der Waals surface area contributed by atoms with Crippen LogP contribution in [0.2, 0.25) is 0 Å². The van der Waals surface area contributed by atoms with E-state index < -0.39 is 0 Å². The summed E-state index contributed by atoms with van der Waals surface area (Å²) in [6.45, 7) is 14.2. The zero-order valence-corrected chi connectivity index (χ0v) is 12.1. The zero-order chi connectivity index (χ0) is 13.8. The predicted octanol–water partition coefficient (Wildman–Crippen LogP) is 3.99. The quantitative estimate of drug-likeness (QED) is 0.569. The molecule has 1 N–H and O–H groups in total. The molecule has 0 amide bonds. The summed E-state index contributed by atoms with van der Waals surface area (Å²) in [4.78, 5) is 3.98. The smallest absolute Gasteiger partial charge is 0.0399 e. The molecule has 0 fully saturated rings. The summed E-state index contributed by atoms with van der Waals surface area (Å²) >= 11 is 0. The van der Waals surface area contributed by atoms with Crippen molar-refractivity contribution in [2.45, 2.75) is 34.6 Å². The van der Waals surface area contributed by atoms with Gasteiger partial charge in [0.25, 0.3) is 0 Å². The van der Waals surface area contributed by atoms with Crippen molar-refractivity contribution in [3.05, 3.63) is 35.6 Å². The fourth-order valence-corrected chi connectivity index (χ4v) is 1.27. The summed E-state index contributed by atoms with van der Waals surface area (Å²) in [5.74, 6) is 1.08. The first-order valence-electron chi connectivity index (χ1n) is 5.96. The molecule has 0 aliphatic rings. The van der Waals surface area contributed by atoms with Gasteiger partial charge in [-0.2, -0.15) is 0 Å². The van der Waals surface area contributed by atoms with Gasteiger partial charge in [0.1, 0.15) is 0 Å². The lowest BCUT2D eigenvalue weighted by Crippen LogP contribution is -1.93. The lowest BCUT2D eigenvalue weighted by molar-refractivity contribution is 0.399. The van der Waals surface area contributed by atoms with Crippen molar-refractivity contribution in [2.24, 2.45) is 16.8 Å². The summed E-state index contributed by atoms with van der Waals surface area (Å²) in [6, 6.07) is 0. The molecule has 0 heterocycles. The van der Waals surface area contributed by atoms with Crippen LogP contribution in [-0.2, 0) is 0 Å². The van der Waals surface area contributed by atoms with Gasteiger partial charge in [0, 0.05) is 12.8 Å². The maximum absolute atomic E-state index is 7.00. The topological polar surface area (TPSA) is 32.6 Å². The Hall–Kier alpha value is -1.15. The van der Waals surface area contributed by atoms with Crippen molar-refractivity contribution in [3.8, 4) is 0 Å². The highest BCUT2D eigenvalue weighted by Crippen LogP contribution is 2.16. The van der Waals surface area contributed by atoms with Crippen LogP contribution in [0.4, 0.5) is 0 Å². The van der Waals surface area contributed by atoms with Crippen molar-refractivity contribution in [2.75, 3.05) is 7.11 Å². The van der Waals surface area contributed by atoms with Crippen LogP contribution in [0.5, 0.6) is 0 Å². The maximum Gasteiger partial charge on any atom is 0.0399 e. The highest BCUT2D eigenvalue weighted by Gasteiger charge is 2.01. The van der Waals surface area contributed by atoms with Crippen LogP contribution in [0.3, 0.4) is 0 Å². The molecule has 0 spiro atoms. The molecule has 98 valence electrons. The molecular weight excluding hydrogens is 210 g/mol. The molecule has 0 bridgehead atoms. The number of nitrogens with zero attached hydrogens (tertiary/aromatic N) is 1. The van der Waals surface area contributed by atoms with Crippen LogP contribution < -0.4 is 0 Å². The third kappa shape index (κ3) is 9.76. The molecule has 0 aromatic carbocycles. The summed E-state index contributed by atoms with van der Waals surface area (Å²) in [5, 5.41) is 7.00. The first-order chi connectivity index (χ1) is 7.99. The van der Waals surface area contributed by atoms with E-state index in [0.29, 0.717) is 11.8 Å². The fourth-order valence-electron chi connectivity index (χ4n) is 1.27. The second-order valence-electron chi connectivity index (χ2n) is 4.34. The number of aliphatic hydroxyl groups is 1. The van der Waals surface area contributed by atoms with E-state index in [1.54, 1.807) is 0 Å². The van der Waals surface area contributed by atoms with Crippen LogP contribution in [0.1, 0.15) is 34.6 Å². The summed E-state index contributed by atoms with van der Waals surface area (Å²) < 4.78 is 0. The molecule has 0 radical (unpaired) electrons. The fraction of sp³-hybridized carbons (Fsp3) is 0.533. The van der Waals surface area contributed by atoms with E-state index in [2.05, 4.69) is 63.7 Å². The van der Waals surface area contributed by atoms with E-state index in [9.17, 15) is 0 Å². The minimum atomic E-state index is 0.485. The van der Waals surface area contributed by atoms with Gasteiger partial charge in [0.15, 0.2) is 0 Å². The number of allylic oxidation sites excluding steroid dienone is 6. The van der Waals surface area contributed by atoms with Crippen molar-refractivity contribution in [1.82, 2.24) is 0 Å². The highest BCUT2D eigenvalue weighted by molar-refractivity contribution is 5.35. The number of aliphatic hydroxyl groups excluding tert-OH is 1. The Kier molecular flexibility index (Phi) is 12.2. The van der Waals surface area contributed by atoms with Gasteiger partial charge in [0.05, 0.1) is 0 Å². The van der Waals surface area contributed by atoms with Crippen molar-refractivity contribution in [3.63, 3.8) is 0 Å². The van der Waals surface area contributed by atoms with Crippen LogP contribution in [0.25, 0.3) is 0 Å². The average molecular weight is 237 g/mol. The van der Waals surface area contributed by atoms with E-state index in [4.69, 9.17) is 5.11 Å². The van der Waals surface area contributed by atoms with Crippen molar-refractivity contribution in [1.29, 1.82) is 0 Å². The van der Waals surface area contributed by atoms with E-state index >= 15 is 0 Å². The Balaban J connectivity index is 0. The standard InChI is InChI=1S/C14H23N.CH4O/c1-11(2)9-7-8-10-14(12(3)4)13(5)15-6;1-2/h7-12H,6H2,1-5H3;2H,1H3/b9-7+,10-8-,14-13-;. The predicted molar refractivity (Wildman–Crippen MR) is 78.3 cm³/mol. The van der Waals surface area contributed by atoms with E-state index in [1.165, 1.54) is 5.57 Å². The molecule has 0 aliphatic carbocycles. The number of rotatable bonds is 5. The summed E-state index contributed by atoms with van der Waals surface area (Å²) in [7, 11) is 1.00. The Morgan fingerprint density at radius 2 is 1.65 bits per heavy atom. The third-order valence-corrected chi connectivity index (χ3v) is 2.16. The van der Waals surface area contributed by atoms with E-state index in [0.717, 1.165) is 12.8 Å². The Bertz CT molecular complexity index is 283. The molecule has 0 saturated carbocycles. The van der Waals surface area contributed by atoms with Gasteiger partial charge in [-0.3, -0.25) is 4.99 Å². The summed E-state index contributed by atoms with van der Waals surface area (Å²) in [5.41, 5.74) is 2.26. The summed E-state index contributed by atoms with van der Waals surface area (Å²) in [6.07, 6.45) is 8.45. The number of hydrogen-bond donors (Lipinski definition) is 1. The van der Waals surface area contributed by atoms with Crippen LogP contribution in [0.15, 0.2) is 40.6 Å². The molecule has 0 rings (SSSR count). The van der Waals surface area contributed by atoms with Gasteiger partial charge in [0.2, 0.25) is 0 Å². The lowest BCUT2D eigenvalue weighted by atomic mass is 10.0. The number of hydrogen-bond acceptors (Lipinski definition) is 2. The first-order valence-corrected chi connectivity index (χ1v) is 5.96. The average Bonchev–Trinajstić information content (AvgIpc) is 2.30. The van der Waals surface area contributed by atoms with Crippen molar-refractivity contribution < 1.29 is 5.11 Å². The van der Waals surface area contributed by atoms with Gasteiger partial charge in [-0.1, -0.05) is 52.0 Å². The molecule has 0 aromatic heterocycles. The minimum absolute atomic E-state index is 0.485. The zero-order valence-electron chi connectivity index (χ0n) is 12.1. The van der Waals surface area contributed by atoms with Crippen LogP contribution >= 0.6 is 0 Å². The SMILES string of the molecule is C=N/C(C)=C(/C=C\C=C\C(C)C)C(C)C.CO. The monoisotopic (exact) mass is 237 g/mol. The molecular formula is C15H27NO. The van der Waals surface area contributed by atoms with Gasteiger partial charge < -0.3 is 5.11 Å². The second-order valence-corrected chi connectivity index (χ2v) is 4.34. The van der Waals surface area contributed by atoms with Gasteiger partial charge in [-0.05, 0) is 31.1 Å². The van der Waals surface area contributed by atoms with E-state index in [1.807, 2.05) is 6.92 Å². The van der Waals surface area contributed by atoms with Crippen LogP contribution in [-0.4, -0.2) is 18.9 Å². The normalized spacial score (nSPS) is 13.0. The van der Waals surface area contributed by atoms with E-state index in [-0.39, 0.29) is 0 Å². The van der Waals surface area contributed by atoms with Gasteiger partial charge >= 0.3 is 0 Å². The molecule has 2 heteroatoms. The molecule has 0 unspecified atom stereocenters. The Morgan fingerprint density at radius 1 is 1.12 bits per heavy atom. The highest BCUT2D eigenvalue weighted by atomic mass is 16.2. The largest absolute Gasteiger partial charge is 0.400 e. The Morgan fingerprint density at radius 3 is 2.00 bits per heavy atom. The third-order valence-electron chi connectivity index (χ3n) is 2.16. The Labute approximate surface area is 106 Å². The van der Waals surface area contributed by atoms with Crippen LogP contribution in [0, 0.1) is 11.8 Å². The molecule has 17 heavy (non-hydrogen) atoms. The second kappa shape index (κ2) is 11.3. The molecule has 0 aromatic rings. The van der Waals surface area contributed by atoms with Gasteiger partial charge in [-0.15, -0.1) is 0 Å². The molecule has 0 atom stereocenters. The molecule has 0 aliphatic heterocycles. The molecule has 2 nitrogen and oxygen atoms in total. The first kappa shape index (κ1) is 18.2. The maximum atomic E-state index is 7.00.